The zero-order chi connectivity index (χ0) is 13.1. The predicted molar refractivity (Wildman–Crippen MR) is 59.1 cm³/mol. The minimum atomic E-state index is -4.67. The molecular weight excluding hydrogens is 252 g/mol. The molecule has 8 nitrogen and oxygen atoms in total. The number of hydrogen-bond acceptors (Lipinski definition) is 4. The highest BCUT2D eigenvalue weighted by Crippen LogP contribution is 2.18. The molecule has 1 heterocycles. The van der Waals surface area contributed by atoms with Crippen molar-refractivity contribution in [2.45, 2.75) is 0 Å². The average molecular weight is 260 g/mol. The second-order valence-electron chi connectivity index (χ2n) is 2.95. The molecule has 0 fully saturated rings. The van der Waals surface area contributed by atoms with Gasteiger partial charge in [-0.1, -0.05) is 0 Å². The topological polar surface area (TPSA) is 134 Å². The van der Waals surface area contributed by atoms with Gasteiger partial charge in [-0.15, -0.1) is 0 Å². The molecule has 0 aliphatic carbocycles. The lowest BCUT2D eigenvalue weighted by Crippen LogP contribution is -1.89. The first kappa shape index (κ1) is 13.1. The molecule has 17 heavy (non-hydrogen) atoms. The smallest absolute Gasteiger partial charge is 0.361 e. The van der Waals surface area contributed by atoms with Crippen molar-refractivity contribution in [1.29, 1.82) is 0 Å². The van der Waals surface area contributed by atoms with E-state index in [1.165, 1.54) is 6.07 Å². The second-order valence-corrected chi connectivity index (χ2v) is 3.85. The molecule has 0 amide bonds. The quantitative estimate of drug-likeness (QED) is 0.403. The van der Waals surface area contributed by atoms with E-state index in [2.05, 4.69) is 4.98 Å². The van der Waals surface area contributed by atoms with Gasteiger partial charge in [0.1, 0.15) is 0 Å². The number of non-ortho nitro benzene ring substituents is 1. The monoisotopic (exact) mass is 260 g/mol. The van der Waals surface area contributed by atoms with Gasteiger partial charge in [0.2, 0.25) is 0 Å². The maximum Gasteiger partial charge on any atom is 0.394 e. The minimum Gasteiger partial charge on any atom is -0.361 e. The van der Waals surface area contributed by atoms with E-state index in [-0.39, 0.29) is 5.69 Å². The Morgan fingerprint density at radius 2 is 1.82 bits per heavy atom. The molecule has 0 bridgehead atoms. The van der Waals surface area contributed by atoms with Crippen LogP contribution in [0.2, 0.25) is 0 Å². The van der Waals surface area contributed by atoms with E-state index in [9.17, 15) is 10.1 Å². The lowest BCUT2D eigenvalue weighted by atomic mass is 10.2. The summed E-state index contributed by atoms with van der Waals surface area (Å²) in [6.07, 6.45) is 1.76. The summed E-state index contributed by atoms with van der Waals surface area (Å²) in [5.74, 6) is 0. The normalized spacial score (nSPS) is 10.7. The third-order valence-corrected chi connectivity index (χ3v) is 1.75. The van der Waals surface area contributed by atoms with Crippen LogP contribution in [-0.4, -0.2) is 27.4 Å². The van der Waals surface area contributed by atoms with Crippen molar-refractivity contribution < 1.29 is 22.4 Å². The van der Waals surface area contributed by atoms with Crippen molar-refractivity contribution in [1.82, 2.24) is 4.98 Å². The Bertz CT molecular complexity index is 624. The summed E-state index contributed by atoms with van der Waals surface area (Å²) in [4.78, 5) is 12.9. The van der Waals surface area contributed by atoms with Gasteiger partial charge in [-0.3, -0.25) is 19.2 Å². The van der Waals surface area contributed by atoms with E-state index in [0.717, 1.165) is 10.9 Å². The van der Waals surface area contributed by atoms with Crippen LogP contribution in [0, 0.1) is 10.1 Å². The largest absolute Gasteiger partial charge is 0.394 e. The SMILES string of the molecule is O=S(=O)(O)O.O=[N+]([O-])c1ccc2[nH]ccc2c1. The first-order valence-electron chi connectivity index (χ1n) is 4.19. The molecule has 0 aliphatic rings. The van der Waals surface area contributed by atoms with Crippen LogP contribution in [-0.2, 0) is 10.4 Å². The average Bonchev–Trinajstić information content (AvgIpc) is 2.60. The van der Waals surface area contributed by atoms with Crippen molar-refractivity contribution in [2.75, 3.05) is 0 Å². The molecule has 0 spiro atoms. The first-order valence-corrected chi connectivity index (χ1v) is 5.58. The first-order chi connectivity index (χ1) is 7.77. The zero-order valence-corrected chi connectivity index (χ0v) is 9.09. The maximum atomic E-state index is 10.4. The number of nitrogens with zero attached hydrogens (tertiary/aromatic N) is 1. The summed E-state index contributed by atoms with van der Waals surface area (Å²) in [7, 11) is -4.67. The van der Waals surface area contributed by atoms with Crippen molar-refractivity contribution in [3.05, 3.63) is 40.6 Å². The Balaban J connectivity index is 0.000000249. The molecule has 0 aliphatic heterocycles. The summed E-state index contributed by atoms with van der Waals surface area (Å²) >= 11 is 0. The van der Waals surface area contributed by atoms with Crippen molar-refractivity contribution in [3.63, 3.8) is 0 Å². The lowest BCUT2D eigenvalue weighted by Gasteiger charge is -1.90. The van der Waals surface area contributed by atoms with E-state index in [1.54, 1.807) is 18.3 Å². The number of nitro groups is 1. The molecule has 0 atom stereocenters. The minimum absolute atomic E-state index is 0.127. The van der Waals surface area contributed by atoms with Crippen LogP contribution in [0.3, 0.4) is 0 Å². The van der Waals surface area contributed by atoms with Gasteiger partial charge in [0.25, 0.3) is 5.69 Å². The molecule has 92 valence electrons. The molecule has 1 aromatic carbocycles. The van der Waals surface area contributed by atoms with Crippen LogP contribution in [0.15, 0.2) is 30.5 Å². The van der Waals surface area contributed by atoms with E-state index in [4.69, 9.17) is 17.5 Å². The Morgan fingerprint density at radius 1 is 1.24 bits per heavy atom. The van der Waals surface area contributed by atoms with Crippen molar-refractivity contribution >= 4 is 27.0 Å². The Hall–Kier alpha value is -1.97. The summed E-state index contributed by atoms with van der Waals surface area (Å²) < 4.78 is 31.6. The molecule has 0 radical (unpaired) electrons. The van der Waals surface area contributed by atoms with Gasteiger partial charge in [-0.2, -0.15) is 8.42 Å². The molecule has 9 heteroatoms. The summed E-state index contributed by atoms with van der Waals surface area (Å²) in [6.45, 7) is 0. The van der Waals surface area contributed by atoms with Gasteiger partial charge >= 0.3 is 10.4 Å². The number of aromatic amines is 1. The van der Waals surface area contributed by atoms with E-state index >= 15 is 0 Å². The Labute approximate surface area is 95.6 Å². The molecular formula is C8H8N2O6S. The third-order valence-electron chi connectivity index (χ3n) is 1.75. The van der Waals surface area contributed by atoms with Crippen molar-refractivity contribution in [2.24, 2.45) is 0 Å². The van der Waals surface area contributed by atoms with E-state index < -0.39 is 15.3 Å². The van der Waals surface area contributed by atoms with Crippen LogP contribution >= 0.6 is 0 Å². The fourth-order valence-electron chi connectivity index (χ4n) is 1.15. The number of benzene rings is 1. The second kappa shape index (κ2) is 4.91. The standard InChI is InChI=1S/C8H6N2O2.H2O4S/c11-10(12)7-1-2-8-6(5-7)3-4-9-8;1-5(2,3)4/h1-5,9H;(H2,1,2,3,4). The molecule has 3 N–H and O–H groups in total. The summed E-state index contributed by atoms with van der Waals surface area (Å²) in [6, 6.07) is 6.54. The van der Waals surface area contributed by atoms with Crippen LogP contribution in [0.25, 0.3) is 10.9 Å². The Kier molecular flexibility index (Phi) is 3.78. The highest BCUT2D eigenvalue weighted by Gasteiger charge is 2.05. The van der Waals surface area contributed by atoms with Gasteiger partial charge in [-0.25, -0.2) is 0 Å². The molecule has 2 aromatic rings. The highest BCUT2D eigenvalue weighted by molar-refractivity contribution is 7.79. The van der Waals surface area contributed by atoms with Gasteiger partial charge < -0.3 is 4.98 Å². The fourth-order valence-corrected chi connectivity index (χ4v) is 1.15. The number of fused-ring (bicyclic) bond motifs is 1. The number of H-pyrrole nitrogens is 1. The van der Waals surface area contributed by atoms with Crippen LogP contribution in [0.5, 0.6) is 0 Å². The molecule has 0 unspecified atom stereocenters. The number of nitro benzene ring substituents is 1. The predicted octanol–water partition coefficient (Wildman–Crippen LogP) is 1.42. The van der Waals surface area contributed by atoms with Crippen LogP contribution < -0.4 is 0 Å². The van der Waals surface area contributed by atoms with Crippen molar-refractivity contribution in [3.8, 4) is 0 Å². The number of aromatic nitrogens is 1. The summed E-state index contributed by atoms with van der Waals surface area (Å²) in [5, 5.41) is 11.2. The Morgan fingerprint density at radius 3 is 2.35 bits per heavy atom. The maximum absolute atomic E-state index is 10.4. The van der Waals surface area contributed by atoms with E-state index in [0.29, 0.717) is 0 Å². The van der Waals surface area contributed by atoms with Crippen LogP contribution in [0.1, 0.15) is 0 Å². The molecule has 2 rings (SSSR count). The number of hydrogen-bond donors (Lipinski definition) is 3. The van der Waals surface area contributed by atoms with E-state index in [1.807, 2.05) is 6.07 Å². The fraction of sp³-hybridized carbons (Fsp3) is 0. The molecule has 1 aromatic heterocycles. The van der Waals surface area contributed by atoms with Crippen LogP contribution in [0.4, 0.5) is 5.69 Å². The lowest BCUT2D eigenvalue weighted by molar-refractivity contribution is -0.384. The zero-order valence-electron chi connectivity index (χ0n) is 8.27. The molecule has 0 saturated carbocycles. The number of rotatable bonds is 1. The highest BCUT2D eigenvalue weighted by atomic mass is 32.3. The van der Waals surface area contributed by atoms with Gasteiger partial charge in [0.15, 0.2) is 0 Å². The summed E-state index contributed by atoms with van der Waals surface area (Å²) in [5.41, 5.74) is 1.04. The van der Waals surface area contributed by atoms with Gasteiger partial charge in [-0.05, 0) is 12.1 Å². The number of nitrogens with one attached hydrogen (secondary N) is 1. The van der Waals surface area contributed by atoms with Gasteiger partial charge in [0.05, 0.1) is 4.92 Å². The van der Waals surface area contributed by atoms with Gasteiger partial charge in [0, 0.05) is 29.2 Å². The molecule has 0 saturated heterocycles. The third kappa shape index (κ3) is 4.59.